The van der Waals surface area contributed by atoms with Crippen LogP contribution in [0.5, 0.6) is 5.75 Å². The topological polar surface area (TPSA) is 67.7 Å². The smallest absolute Gasteiger partial charge is 0.269 e. The zero-order valence-electron chi connectivity index (χ0n) is 16.3. The monoisotopic (exact) mass is 426 g/mol. The second-order valence-corrected chi connectivity index (χ2v) is 6.82. The molecule has 6 nitrogen and oxygen atoms in total. The van der Waals surface area contributed by atoms with Gasteiger partial charge in [0.1, 0.15) is 18.0 Å². The summed E-state index contributed by atoms with van der Waals surface area (Å²) >= 11 is 0. The van der Waals surface area contributed by atoms with E-state index in [1.54, 1.807) is 12.1 Å². The van der Waals surface area contributed by atoms with Gasteiger partial charge < -0.3 is 9.14 Å². The lowest BCUT2D eigenvalue weighted by molar-refractivity contribution is 0.0962. The van der Waals surface area contributed by atoms with Crippen LogP contribution in [0.4, 0.5) is 18.9 Å². The minimum atomic E-state index is -1.62. The van der Waals surface area contributed by atoms with Gasteiger partial charge in [0.2, 0.25) is 0 Å². The first-order chi connectivity index (χ1) is 14.9. The Kier molecular flexibility index (Phi) is 5.48. The molecule has 0 spiro atoms. The number of hydrogen-bond donors (Lipinski definition) is 2. The molecule has 2 N–H and O–H groups in total. The van der Waals surface area contributed by atoms with Gasteiger partial charge in [-0.25, -0.2) is 18.2 Å². The molecular weight excluding hydrogens is 409 g/mol. The third kappa shape index (κ3) is 4.45. The summed E-state index contributed by atoms with van der Waals surface area (Å²) in [5.74, 6) is -4.42. The first kappa shape index (κ1) is 20.3. The molecule has 0 atom stereocenters. The Hall–Kier alpha value is -4.01. The Morgan fingerprint density at radius 2 is 1.77 bits per heavy atom. The summed E-state index contributed by atoms with van der Waals surface area (Å²) in [6.07, 6.45) is 3.85. The number of anilines is 1. The molecule has 9 heteroatoms. The van der Waals surface area contributed by atoms with Crippen molar-refractivity contribution in [3.05, 3.63) is 95.2 Å². The van der Waals surface area contributed by atoms with Crippen molar-refractivity contribution in [3.8, 4) is 5.75 Å². The van der Waals surface area contributed by atoms with Crippen LogP contribution in [0.2, 0.25) is 0 Å². The first-order valence-corrected chi connectivity index (χ1v) is 9.27. The molecule has 0 saturated heterocycles. The molecule has 31 heavy (non-hydrogen) atoms. The second-order valence-electron chi connectivity index (χ2n) is 6.82. The molecule has 0 aliphatic heterocycles. The maximum Gasteiger partial charge on any atom is 0.269 e. The number of nitrogens with zero attached hydrogens (tertiary/aromatic N) is 2. The Balaban J connectivity index is 1.35. The largest absolute Gasteiger partial charge is 0.487 e. The number of rotatable bonds is 6. The summed E-state index contributed by atoms with van der Waals surface area (Å²) in [7, 11) is 0. The van der Waals surface area contributed by atoms with Gasteiger partial charge in [0.05, 0.1) is 11.4 Å². The van der Waals surface area contributed by atoms with Gasteiger partial charge in [-0.1, -0.05) is 6.07 Å². The minimum Gasteiger partial charge on any atom is -0.487 e. The van der Waals surface area contributed by atoms with Crippen LogP contribution < -0.4 is 15.6 Å². The van der Waals surface area contributed by atoms with E-state index in [-0.39, 0.29) is 12.2 Å². The van der Waals surface area contributed by atoms with Gasteiger partial charge in [0, 0.05) is 18.0 Å². The highest BCUT2D eigenvalue weighted by molar-refractivity contribution is 5.95. The van der Waals surface area contributed by atoms with Crippen LogP contribution in [0, 0.1) is 24.4 Å². The number of hydrogen-bond acceptors (Lipinski definition) is 4. The number of ether oxygens (including phenoxy) is 1. The minimum absolute atomic E-state index is 0.253. The number of nitrogens with one attached hydrogen (secondary N) is 2. The number of hydrazine groups is 1. The molecule has 2 heterocycles. The lowest BCUT2D eigenvalue weighted by Crippen LogP contribution is -2.30. The van der Waals surface area contributed by atoms with Crippen molar-refractivity contribution in [2.45, 2.75) is 13.5 Å². The van der Waals surface area contributed by atoms with Crippen LogP contribution in [-0.4, -0.2) is 15.3 Å². The lowest BCUT2D eigenvalue weighted by Gasteiger charge is -2.10. The van der Waals surface area contributed by atoms with E-state index in [0.29, 0.717) is 5.75 Å². The van der Waals surface area contributed by atoms with Crippen LogP contribution >= 0.6 is 0 Å². The van der Waals surface area contributed by atoms with Crippen LogP contribution in [-0.2, 0) is 6.61 Å². The van der Waals surface area contributed by atoms with Gasteiger partial charge in [-0.3, -0.25) is 15.6 Å². The Labute approximate surface area is 175 Å². The van der Waals surface area contributed by atoms with Crippen LogP contribution in [0.25, 0.3) is 5.65 Å². The van der Waals surface area contributed by atoms with Crippen molar-refractivity contribution in [2.24, 2.45) is 0 Å². The van der Waals surface area contributed by atoms with E-state index in [2.05, 4.69) is 15.8 Å². The summed E-state index contributed by atoms with van der Waals surface area (Å²) < 4.78 is 47.4. The van der Waals surface area contributed by atoms with E-state index in [1.807, 2.05) is 35.9 Å². The zero-order chi connectivity index (χ0) is 22.0. The second kappa shape index (κ2) is 8.39. The molecule has 0 aliphatic carbocycles. The van der Waals surface area contributed by atoms with E-state index in [0.717, 1.165) is 29.0 Å². The molecule has 2 aromatic heterocycles. The van der Waals surface area contributed by atoms with Crippen LogP contribution in [0.1, 0.15) is 21.6 Å². The summed E-state index contributed by atoms with van der Waals surface area (Å²) in [6.45, 7) is 2.25. The van der Waals surface area contributed by atoms with Gasteiger partial charge in [-0.2, -0.15) is 0 Å². The highest BCUT2D eigenvalue weighted by atomic mass is 19.2. The number of carbonyl (C=O) groups is 1. The van der Waals surface area contributed by atoms with Gasteiger partial charge >= 0.3 is 0 Å². The van der Waals surface area contributed by atoms with E-state index >= 15 is 0 Å². The molecule has 4 aromatic rings. The third-order valence-corrected chi connectivity index (χ3v) is 4.50. The molecule has 0 aliphatic rings. The van der Waals surface area contributed by atoms with Crippen molar-refractivity contribution < 1.29 is 22.7 Å². The fourth-order valence-electron chi connectivity index (χ4n) is 2.90. The van der Waals surface area contributed by atoms with Gasteiger partial charge in [-0.05, 0) is 55.0 Å². The summed E-state index contributed by atoms with van der Waals surface area (Å²) in [6, 6.07) is 11.9. The average molecular weight is 426 g/mol. The van der Waals surface area contributed by atoms with Crippen molar-refractivity contribution >= 4 is 17.2 Å². The number of amides is 1. The zero-order valence-corrected chi connectivity index (χ0v) is 16.3. The highest BCUT2D eigenvalue weighted by Crippen LogP contribution is 2.19. The number of halogens is 3. The van der Waals surface area contributed by atoms with Crippen molar-refractivity contribution in [1.29, 1.82) is 0 Å². The van der Waals surface area contributed by atoms with Crippen molar-refractivity contribution in [1.82, 2.24) is 14.8 Å². The normalized spacial score (nSPS) is 10.8. The number of fused-ring (bicyclic) bond motifs is 1. The SMILES string of the molecule is Cc1ccc2nc(COc3ccc(C(=O)NNc4ccc(F)c(F)c4F)cc3)cn2c1. The number of aromatic nitrogens is 2. The number of aryl methyl sites for hydroxylation is 1. The quantitative estimate of drug-likeness (QED) is 0.354. The van der Waals surface area contributed by atoms with Gasteiger partial charge in [-0.15, -0.1) is 0 Å². The maximum atomic E-state index is 13.6. The predicted octanol–water partition coefficient (Wildman–Crippen LogP) is 4.40. The fourth-order valence-corrected chi connectivity index (χ4v) is 2.90. The van der Waals surface area contributed by atoms with E-state index in [1.165, 1.54) is 12.1 Å². The Bertz CT molecular complexity index is 1260. The number of pyridine rings is 1. The average Bonchev–Trinajstić information content (AvgIpc) is 3.17. The molecule has 2 aromatic carbocycles. The molecule has 1 amide bonds. The molecule has 4 rings (SSSR count). The lowest BCUT2D eigenvalue weighted by atomic mass is 10.2. The number of benzene rings is 2. The van der Waals surface area contributed by atoms with Crippen LogP contribution in [0.3, 0.4) is 0 Å². The molecule has 0 unspecified atom stereocenters. The number of imidazole rings is 1. The standard InChI is InChI=1S/C22H17F3N4O2/c1-13-2-9-19-26-15(11-29(19)10-13)12-31-16-5-3-14(4-6-16)22(30)28-27-18-8-7-17(23)20(24)21(18)25/h2-11,27H,12H2,1H3,(H,28,30). The summed E-state index contributed by atoms with van der Waals surface area (Å²) in [4.78, 5) is 16.7. The maximum absolute atomic E-state index is 13.6. The summed E-state index contributed by atoms with van der Waals surface area (Å²) in [5, 5.41) is 0. The van der Waals surface area contributed by atoms with E-state index < -0.39 is 29.0 Å². The number of carbonyl (C=O) groups excluding carboxylic acids is 1. The van der Waals surface area contributed by atoms with Crippen molar-refractivity contribution in [2.75, 3.05) is 5.43 Å². The van der Waals surface area contributed by atoms with E-state index in [9.17, 15) is 18.0 Å². The Morgan fingerprint density at radius 3 is 2.55 bits per heavy atom. The molecule has 0 saturated carbocycles. The summed E-state index contributed by atoms with van der Waals surface area (Å²) in [5.41, 5.74) is 7.02. The molecule has 0 fully saturated rings. The van der Waals surface area contributed by atoms with Crippen molar-refractivity contribution in [3.63, 3.8) is 0 Å². The fraction of sp³-hybridized carbons (Fsp3) is 0.0909. The molecule has 0 radical (unpaired) electrons. The third-order valence-electron chi connectivity index (χ3n) is 4.50. The van der Waals surface area contributed by atoms with Crippen LogP contribution in [0.15, 0.2) is 60.9 Å². The predicted molar refractivity (Wildman–Crippen MR) is 108 cm³/mol. The molecular formula is C22H17F3N4O2. The Morgan fingerprint density at radius 1 is 1.00 bits per heavy atom. The highest BCUT2D eigenvalue weighted by Gasteiger charge is 2.14. The van der Waals surface area contributed by atoms with Gasteiger partial charge in [0.25, 0.3) is 5.91 Å². The molecule has 0 bridgehead atoms. The van der Waals surface area contributed by atoms with E-state index in [4.69, 9.17) is 4.74 Å². The molecule has 158 valence electrons. The van der Waals surface area contributed by atoms with Gasteiger partial charge in [0.15, 0.2) is 17.5 Å². The first-order valence-electron chi connectivity index (χ1n) is 9.27.